The summed E-state index contributed by atoms with van der Waals surface area (Å²) in [4.78, 5) is 4.95. The number of hydrogen-bond acceptors (Lipinski definition) is 6. The average molecular weight is 492 g/mol. The fraction of sp³-hybridized carbons (Fsp3) is 0.417. The number of nitrogens with zero attached hydrogens (tertiary/aromatic N) is 2. The molecule has 178 valence electrons. The Bertz CT molecular complexity index is 1230. The predicted octanol–water partition coefficient (Wildman–Crippen LogP) is 4.50. The number of nitrogens with one attached hydrogen (secondary N) is 1. The first kappa shape index (κ1) is 23.7. The number of piperazine rings is 1. The van der Waals surface area contributed by atoms with Gasteiger partial charge >= 0.3 is 0 Å². The third-order valence-electron chi connectivity index (χ3n) is 6.32. The van der Waals surface area contributed by atoms with Crippen LogP contribution in [0.5, 0.6) is 5.75 Å². The lowest BCUT2D eigenvalue weighted by Gasteiger charge is -2.36. The van der Waals surface area contributed by atoms with Crippen molar-refractivity contribution in [3.63, 3.8) is 0 Å². The monoisotopic (exact) mass is 491 g/mol. The molecule has 0 bridgehead atoms. The van der Waals surface area contributed by atoms with E-state index in [9.17, 15) is 8.42 Å². The zero-order chi connectivity index (χ0) is 22.3. The standard InChI is InChI=1S/C24H29N3O4S.ClH/c1-17-3-6-22(30-2)23(13-17)32(28,29)25-20-14-19-7-12-31-24(19)21(15-20)27-10-8-26(9-11-27)16-18-4-5-18;/h3,6-7,12-15,18,25H,4-5,8-11,16H2,1-2H3;1H. The van der Waals surface area contributed by atoms with Crippen molar-refractivity contribution < 1.29 is 17.6 Å². The third kappa shape index (κ3) is 5.08. The molecule has 1 aromatic heterocycles. The lowest BCUT2D eigenvalue weighted by molar-refractivity contribution is 0.248. The summed E-state index contributed by atoms with van der Waals surface area (Å²) in [7, 11) is -2.35. The first-order chi connectivity index (χ1) is 15.4. The maximum Gasteiger partial charge on any atom is 0.265 e. The second-order valence-corrected chi connectivity index (χ2v) is 10.5. The molecule has 1 aliphatic heterocycles. The molecule has 1 saturated carbocycles. The summed E-state index contributed by atoms with van der Waals surface area (Å²) in [6.45, 7) is 6.86. The molecule has 3 aromatic rings. The Morgan fingerprint density at radius 1 is 1.09 bits per heavy atom. The van der Waals surface area contributed by atoms with Gasteiger partial charge in [0.2, 0.25) is 0 Å². The van der Waals surface area contributed by atoms with Crippen LogP contribution in [0.25, 0.3) is 11.0 Å². The Morgan fingerprint density at radius 3 is 2.55 bits per heavy atom. The maximum atomic E-state index is 13.2. The van der Waals surface area contributed by atoms with Crippen LogP contribution in [-0.4, -0.2) is 53.2 Å². The van der Waals surface area contributed by atoms with Gasteiger partial charge in [-0.1, -0.05) is 6.07 Å². The zero-order valence-corrected chi connectivity index (χ0v) is 20.5. The molecular formula is C24H30ClN3O4S. The summed E-state index contributed by atoms with van der Waals surface area (Å²) >= 11 is 0. The van der Waals surface area contributed by atoms with Crippen molar-refractivity contribution >= 4 is 44.8 Å². The number of benzene rings is 2. The molecule has 1 aliphatic carbocycles. The van der Waals surface area contributed by atoms with Gasteiger partial charge in [-0.3, -0.25) is 9.62 Å². The van der Waals surface area contributed by atoms with Gasteiger partial charge in [-0.15, -0.1) is 12.4 Å². The number of furan rings is 1. The van der Waals surface area contributed by atoms with Gasteiger partial charge in [-0.05, 0) is 61.6 Å². The van der Waals surface area contributed by atoms with E-state index in [0.717, 1.165) is 54.3 Å². The molecule has 2 aromatic carbocycles. The number of sulfonamides is 1. The topological polar surface area (TPSA) is 75.0 Å². The van der Waals surface area contributed by atoms with E-state index in [1.54, 1.807) is 18.4 Å². The molecule has 1 saturated heterocycles. The van der Waals surface area contributed by atoms with Crippen LogP contribution in [0.4, 0.5) is 11.4 Å². The summed E-state index contributed by atoms with van der Waals surface area (Å²) < 4.78 is 40.2. The molecule has 33 heavy (non-hydrogen) atoms. The highest BCUT2D eigenvalue weighted by Crippen LogP contribution is 2.35. The van der Waals surface area contributed by atoms with E-state index in [2.05, 4.69) is 14.5 Å². The minimum absolute atomic E-state index is 0. The number of anilines is 2. The third-order valence-corrected chi connectivity index (χ3v) is 7.72. The summed E-state index contributed by atoms with van der Waals surface area (Å²) in [5.41, 5.74) is 3.07. The van der Waals surface area contributed by atoms with Crippen LogP contribution in [0.3, 0.4) is 0 Å². The van der Waals surface area contributed by atoms with Gasteiger partial charge in [-0.25, -0.2) is 8.42 Å². The van der Waals surface area contributed by atoms with Crippen LogP contribution in [0, 0.1) is 12.8 Å². The van der Waals surface area contributed by atoms with E-state index < -0.39 is 10.0 Å². The number of halogens is 1. The highest BCUT2D eigenvalue weighted by Gasteiger charge is 2.28. The van der Waals surface area contributed by atoms with Crippen molar-refractivity contribution in [1.29, 1.82) is 0 Å². The second kappa shape index (κ2) is 9.44. The lowest BCUT2D eigenvalue weighted by Crippen LogP contribution is -2.47. The minimum Gasteiger partial charge on any atom is -0.495 e. The molecule has 1 N–H and O–H groups in total. The number of rotatable bonds is 7. The number of hydrogen-bond donors (Lipinski definition) is 1. The molecule has 0 amide bonds. The SMILES string of the molecule is COc1ccc(C)cc1S(=O)(=O)Nc1cc(N2CCN(CC3CC3)CC2)c2occc2c1.Cl. The van der Waals surface area contributed by atoms with E-state index >= 15 is 0 Å². The van der Waals surface area contributed by atoms with E-state index in [1.165, 1.54) is 26.5 Å². The van der Waals surface area contributed by atoms with Crippen molar-refractivity contribution in [3.05, 3.63) is 48.2 Å². The van der Waals surface area contributed by atoms with Crippen LogP contribution in [0.15, 0.2) is 52.0 Å². The quantitative estimate of drug-likeness (QED) is 0.524. The van der Waals surface area contributed by atoms with Crippen LogP contribution >= 0.6 is 12.4 Å². The van der Waals surface area contributed by atoms with Gasteiger partial charge in [0.1, 0.15) is 10.6 Å². The highest BCUT2D eigenvalue weighted by molar-refractivity contribution is 7.92. The van der Waals surface area contributed by atoms with E-state index in [-0.39, 0.29) is 17.3 Å². The largest absolute Gasteiger partial charge is 0.495 e. The van der Waals surface area contributed by atoms with Gasteiger partial charge in [0.05, 0.1) is 24.7 Å². The average Bonchev–Trinajstić information content (AvgIpc) is 3.46. The first-order valence-corrected chi connectivity index (χ1v) is 12.6. The molecule has 0 radical (unpaired) electrons. The zero-order valence-electron chi connectivity index (χ0n) is 18.9. The number of methoxy groups -OCH3 is 1. The molecule has 2 aliphatic rings. The molecule has 9 heteroatoms. The Hall–Kier alpha value is -2.42. The molecule has 0 unspecified atom stereocenters. The Labute approximate surface area is 201 Å². The molecule has 2 heterocycles. The van der Waals surface area contributed by atoms with Gasteiger partial charge in [0, 0.05) is 38.1 Å². The number of ether oxygens (including phenoxy) is 1. The van der Waals surface area contributed by atoms with Crippen LogP contribution in [-0.2, 0) is 10.0 Å². The van der Waals surface area contributed by atoms with Crippen LogP contribution in [0.1, 0.15) is 18.4 Å². The van der Waals surface area contributed by atoms with Crippen molar-refractivity contribution in [3.8, 4) is 5.75 Å². The Morgan fingerprint density at radius 2 is 1.85 bits per heavy atom. The Kier molecular flexibility index (Phi) is 6.79. The highest BCUT2D eigenvalue weighted by atomic mass is 35.5. The van der Waals surface area contributed by atoms with Gasteiger partial charge < -0.3 is 14.1 Å². The summed E-state index contributed by atoms with van der Waals surface area (Å²) in [5, 5.41) is 0.872. The van der Waals surface area contributed by atoms with Crippen LogP contribution < -0.4 is 14.4 Å². The van der Waals surface area contributed by atoms with Crippen molar-refractivity contribution in [2.45, 2.75) is 24.7 Å². The van der Waals surface area contributed by atoms with Crippen LogP contribution in [0.2, 0.25) is 0 Å². The maximum absolute atomic E-state index is 13.2. The first-order valence-electron chi connectivity index (χ1n) is 11.1. The molecular weight excluding hydrogens is 462 g/mol. The molecule has 7 nitrogen and oxygen atoms in total. The van der Waals surface area contributed by atoms with Crippen molar-refractivity contribution in [1.82, 2.24) is 4.90 Å². The number of fused-ring (bicyclic) bond motifs is 1. The van der Waals surface area contributed by atoms with Crippen molar-refractivity contribution in [2.24, 2.45) is 5.92 Å². The fourth-order valence-corrected chi connectivity index (χ4v) is 5.69. The molecule has 0 atom stereocenters. The van der Waals surface area contributed by atoms with E-state index in [1.807, 2.05) is 31.2 Å². The van der Waals surface area contributed by atoms with Crippen molar-refractivity contribution in [2.75, 3.05) is 49.5 Å². The van der Waals surface area contributed by atoms with Gasteiger partial charge in [0.15, 0.2) is 5.58 Å². The Balaban J connectivity index is 0.00000259. The normalized spacial score (nSPS) is 17.1. The van der Waals surface area contributed by atoms with E-state index in [4.69, 9.17) is 9.15 Å². The minimum atomic E-state index is -3.83. The van der Waals surface area contributed by atoms with E-state index in [0.29, 0.717) is 11.4 Å². The smallest absolute Gasteiger partial charge is 0.265 e. The number of aryl methyl sites for hydroxylation is 1. The van der Waals surface area contributed by atoms with Gasteiger partial charge in [0.25, 0.3) is 10.0 Å². The summed E-state index contributed by atoms with van der Waals surface area (Å²) in [6.07, 6.45) is 4.38. The summed E-state index contributed by atoms with van der Waals surface area (Å²) in [6, 6.07) is 10.7. The fourth-order valence-electron chi connectivity index (χ4n) is 4.40. The molecule has 0 spiro atoms. The van der Waals surface area contributed by atoms with Gasteiger partial charge in [-0.2, -0.15) is 0 Å². The second-order valence-electron chi connectivity index (χ2n) is 8.83. The predicted molar refractivity (Wildman–Crippen MR) is 133 cm³/mol. The summed E-state index contributed by atoms with van der Waals surface area (Å²) in [5.74, 6) is 1.20. The lowest BCUT2D eigenvalue weighted by atomic mass is 10.1. The molecule has 2 fully saturated rings. The molecule has 5 rings (SSSR count).